The van der Waals surface area contributed by atoms with Gasteiger partial charge < -0.3 is 5.73 Å². The zero-order valence-electron chi connectivity index (χ0n) is 9.83. The van der Waals surface area contributed by atoms with Gasteiger partial charge >= 0.3 is 0 Å². The quantitative estimate of drug-likeness (QED) is 0.917. The van der Waals surface area contributed by atoms with Crippen molar-refractivity contribution < 1.29 is 0 Å². The first-order chi connectivity index (χ1) is 7.65. The molecule has 0 aliphatic heterocycles. The van der Waals surface area contributed by atoms with E-state index in [4.69, 9.17) is 5.73 Å². The Morgan fingerprint density at radius 3 is 2.76 bits per heavy atom. The van der Waals surface area contributed by atoms with Crippen molar-refractivity contribution in [2.45, 2.75) is 13.1 Å². The van der Waals surface area contributed by atoms with Gasteiger partial charge in [0.15, 0.2) is 5.13 Å². The molecule has 2 N–H and O–H groups in total. The number of thiazole rings is 1. The van der Waals surface area contributed by atoms with Gasteiger partial charge in [0, 0.05) is 37.4 Å². The maximum absolute atomic E-state index is 5.59. The lowest BCUT2D eigenvalue weighted by molar-refractivity contribution is 0.312. The Bertz CT molecular complexity index is 467. The standard InChI is InChI=1S/C10H15N5S.ClH/c1-14(6-8-3-4-13-15(8)2)7-9-5-12-10(11)16-9;/h3-5H,6-7H2,1-2H3,(H2,11,12);1H. The number of anilines is 1. The van der Waals surface area contributed by atoms with Crippen LogP contribution in [0.3, 0.4) is 0 Å². The second-order valence-electron chi connectivity index (χ2n) is 3.78. The van der Waals surface area contributed by atoms with Gasteiger partial charge in [-0.15, -0.1) is 23.7 Å². The molecule has 17 heavy (non-hydrogen) atoms. The molecule has 5 nitrogen and oxygen atoms in total. The van der Waals surface area contributed by atoms with E-state index in [9.17, 15) is 0 Å². The number of rotatable bonds is 4. The Kier molecular flexibility index (Phi) is 4.92. The Morgan fingerprint density at radius 1 is 1.47 bits per heavy atom. The topological polar surface area (TPSA) is 60.0 Å². The summed E-state index contributed by atoms with van der Waals surface area (Å²) in [7, 11) is 4.02. The lowest BCUT2D eigenvalue weighted by atomic mass is 10.4. The Balaban J connectivity index is 0.00000144. The van der Waals surface area contributed by atoms with E-state index in [0.29, 0.717) is 5.13 Å². The highest BCUT2D eigenvalue weighted by Crippen LogP contribution is 2.16. The van der Waals surface area contributed by atoms with Crippen LogP contribution in [0.4, 0.5) is 5.13 Å². The van der Waals surface area contributed by atoms with Crippen molar-refractivity contribution in [3.63, 3.8) is 0 Å². The zero-order valence-corrected chi connectivity index (χ0v) is 11.5. The summed E-state index contributed by atoms with van der Waals surface area (Å²) in [6.45, 7) is 1.73. The van der Waals surface area contributed by atoms with Gasteiger partial charge in [-0.3, -0.25) is 9.58 Å². The van der Waals surface area contributed by atoms with Crippen LogP contribution in [-0.4, -0.2) is 26.7 Å². The summed E-state index contributed by atoms with van der Waals surface area (Å²) in [5, 5.41) is 4.77. The van der Waals surface area contributed by atoms with Crippen LogP contribution < -0.4 is 5.73 Å². The van der Waals surface area contributed by atoms with Gasteiger partial charge in [-0.2, -0.15) is 5.10 Å². The summed E-state index contributed by atoms with van der Waals surface area (Å²) in [5.41, 5.74) is 6.78. The summed E-state index contributed by atoms with van der Waals surface area (Å²) in [6, 6.07) is 2.03. The Labute approximate surface area is 111 Å². The highest BCUT2D eigenvalue weighted by atomic mass is 35.5. The number of nitrogens with two attached hydrogens (primary N) is 1. The average Bonchev–Trinajstić information content (AvgIpc) is 2.77. The van der Waals surface area contributed by atoms with Gasteiger partial charge in [-0.05, 0) is 13.1 Å². The van der Waals surface area contributed by atoms with E-state index in [1.54, 1.807) is 0 Å². The fraction of sp³-hybridized carbons (Fsp3) is 0.400. The van der Waals surface area contributed by atoms with E-state index in [1.165, 1.54) is 21.9 Å². The molecule has 0 aromatic carbocycles. The molecule has 0 amide bonds. The first kappa shape index (κ1) is 14.0. The minimum absolute atomic E-state index is 0. The second-order valence-corrected chi connectivity index (χ2v) is 4.93. The first-order valence-corrected chi connectivity index (χ1v) is 5.82. The van der Waals surface area contributed by atoms with Crippen molar-refractivity contribution in [1.29, 1.82) is 0 Å². The van der Waals surface area contributed by atoms with Crippen LogP contribution in [0.15, 0.2) is 18.5 Å². The minimum Gasteiger partial charge on any atom is -0.375 e. The first-order valence-electron chi connectivity index (χ1n) is 5.01. The van der Waals surface area contributed by atoms with Crippen LogP contribution in [-0.2, 0) is 20.1 Å². The van der Waals surface area contributed by atoms with Crippen molar-refractivity contribution in [3.8, 4) is 0 Å². The van der Waals surface area contributed by atoms with Crippen LogP contribution in [0.5, 0.6) is 0 Å². The molecular formula is C10H16ClN5S. The fourth-order valence-electron chi connectivity index (χ4n) is 1.55. The monoisotopic (exact) mass is 273 g/mol. The van der Waals surface area contributed by atoms with E-state index >= 15 is 0 Å². The predicted octanol–water partition coefficient (Wildman–Crippen LogP) is 1.51. The fourth-order valence-corrected chi connectivity index (χ4v) is 2.32. The number of nitrogens with zero attached hydrogens (tertiary/aromatic N) is 4. The number of aromatic nitrogens is 3. The normalized spacial score (nSPS) is 10.5. The van der Waals surface area contributed by atoms with Crippen LogP contribution in [0.1, 0.15) is 10.6 Å². The minimum atomic E-state index is 0. The molecule has 94 valence electrons. The molecule has 2 heterocycles. The number of hydrogen-bond acceptors (Lipinski definition) is 5. The third-order valence-electron chi connectivity index (χ3n) is 2.35. The van der Waals surface area contributed by atoms with Crippen LogP contribution in [0, 0.1) is 0 Å². The lowest BCUT2D eigenvalue weighted by Gasteiger charge is -2.15. The molecule has 0 saturated heterocycles. The summed E-state index contributed by atoms with van der Waals surface area (Å²) >= 11 is 1.54. The molecular weight excluding hydrogens is 258 g/mol. The van der Waals surface area contributed by atoms with Crippen LogP contribution in [0.25, 0.3) is 0 Å². The largest absolute Gasteiger partial charge is 0.375 e. The molecule has 2 rings (SSSR count). The van der Waals surface area contributed by atoms with Gasteiger partial charge in [0.2, 0.25) is 0 Å². The van der Waals surface area contributed by atoms with Gasteiger partial charge in [-0.25, -0.2) is 4.98 Å². The molecule has 7 heteroatoms. The molecule has 2 aromatic rings. The molecule has 0 bridgehead atoms. The number of aryl methyl sites for hydroxylation is 1. The molecule has 0 aliphatic rings. The van der Waals surface area contributed by atoms with Crippen LogP contribution in [0.2, 0.25) is 0 Å². The molecule has 0 spiro atoms. The van der Waals surface area contributed by atoms with E-state index < -0.39 is 0 Å². The Morgan fingerprint density at radius 2 is 2.24 bits per heavy atom. The van der Waals surface area contributed by atoms with Crippen LogP contribution >= 0.6 is 23.7 Å². The van der Waals surface area contributed by atoms with Crippen molar-refractivity contribution in [2.24, 2.45) is 7.05 Å². The molecule has 0 fully saturated rings. The maximum Gasteiger partial charge on any atom is 0.180 e. The summed E-state index contributed by atoms with van der Waals surface area (Å²) in [4.78, 5) is 7.43. The van der Waals surface area contributed by atoms with E-state index in [0.717, 1.165) is 13.1 Å². The van der Waals surface area contributed by atoms with Gasteiger partial charge in [0.1, 0.15) is 0 Å². The summed E-state index contributed by atoms with van der Waals surface area (Å²) in [5.74, 6) is 0. The molecule has 0 unspecified atom stereocenters. The van der Waals surface area contributed by atoms with E-state index in [-0.39, 0.29) is 12.4 Å². The van der Waals surface area contributed by atoms with Crippen molar-refractivity contribution in [1.82, 2.24) is 19.7 Å². The average molecular weight is 274 g/mol. The van der Waals surface area contributed by atoms with Gasteiger partial charge in [0.25, 0.3) is 0 Å². The second kappa shape index (κ2) is 6.00. The maximum atomic E-state index is 5.59. The molecule has 0 aliphatic carbocycles. The Hall–Kier alpha value is -1.11. The number of nitrogen functional groups attached to an aromatic ring is 1. The zero-order chi connectivity index (χ0) is 11.5. The number of hydrogen-bond donors (Lipinski definition) is 1. The number of halogens is 1. The third-order valence-corrected chi connectivity index (χ3v) is 3.16. The molecule has 0 atom stereocenters. The van der Waals surface area contributed by atoms with Crippen molar-refractivity contribution in [2.75, 3.05) is 12.8 Å². The molecule has 2 aromatic heterocycles. The summed E-state index contributed by atoms with van der Waals surface area (Å²) in [6.07, 6.45) is 3.65. The lowest BCUT2D eigenvalue weighted by Crippen LogP contribution is -2.18. The molecule has 0 saturated carbocycles. The van der Waals surface area contributed by atoms with Gasteiger partial charge in [0.05, 0.1) is 5.69 Å². The van der Waals surface area contributed by atoms with Crippen molar-refractivity contribution >= 4 is 28.9 Å². The van der Waals surface area contributed by atoms with E-state index in [2.05, 4.69) is 22.0 Å². The molecule has 0 radical (unpaired) electrons. The highest BCUT2D eigenvalue weighted by Gasteiger charge is 2.06. The third kappa shape index (κ3) is 3.69. The van der Waals surface area contributed by atoms with Gasteiger partial charge in [-0.1, -0.05) is 0 Å². The SMILES string of the molecule is CN(Cc1cnc(N)s1)Cc1ccnn1C.Cl. The predicted molar refractivity (Wildman–Crippen MR) is 72.2 cm³/mol. The smallest absolute Gasteiger partial charge is 0.180 e. The van der Waals surface area contributed by atoms with E-state index in [1.807, 2.05) is 30.2 Å². The van der Waals surface area contributed by atoms with Crippen molar-refractivity contribution in [3.05, 3.63) is 29.0 Å². The highest BCUT2D eigenvalue weighted by molar-refractivity contribution is 7.15. The summed E-state index contributed by atoms with van der Waals surface area (Å²) < 4.78 is 1.89.